The number of hydrogen-bond acceptors (Lipinski definition) is 6. The van der Waals surface area contributed by atoms with Crippen LogP contribution in [0.25, 0.3) is 5.82 Å². The Hall–Kier alpha value is -3.10. The third kappa shape index (κ3) is 2.76. The largest absolute Gasteiger partial charge is 0.318 e. The monoisotopic (exact) mass is 285 g/mol. The number of amides is 2. The van der Waals surface area contributed by atoms with Crippen LogP contribution in [0.3, 0.4) is 0 Å². The molecule has 0 atom stereocenters. The van der Waals surface area contributed by atoms with E-state index >= 15 is 0 Å². The molecular weight excluding hydrogens is 274 g/mol. The molecule has 0 aromatic carbocycles. The molecule has 21 heavy (non-hydrogen) atoms. The molecule has 0 bridgehead atoms. The van der Waals surface area contributed by atoms with Gasteiger partial charge in [0, 0.05) is 19.0 Å². The van der Waals surface area contributed by atoms with Gasteiger partial charge in [0.1, 0.15) is 18.4 Å². The van der Waals surface area contributed by atoms with E-state index in [-0.39, 0.29) is 23.9 Å². The predicted molar refractivity (Wildman–Crippen MR) is 72.6 cm³/mol. The van der Waals surface area contributed by atoms with Crippen molar-refractivity contribution < 1.29 is 9.59 Å². The van der Waals surface area contributed by atoms with E-state index < -0.39 is 0 Å². The third-order valence-corrected chi connectivity index (χ3v) is 2.84. The van der Waals surface area contributed by atoms with E-state index in [4.69, 9.17) is 0 Å². The van der Waals surface area contributed by atoms with Gasteiger partial charge in [-0.05, 0) is 12.1 Å². The van der Waals surface area contributed by atoms with E-state index in [1.807, 2.05) is 0 Å². The number of hydrogen-bond donors (Lipinski definition) is 2. The summed E-state index contributed by atoms with van der Waals surface area (Å²) in [6.07, 6.45) is 4.99. The van der Waals surface area contributed by atoms with Crippen molar-refractivity contribution in [3.05, 3.63) is 31.0 Å². The Morgan fingerprint density at radius 3 is 3.00 bits per heavy atom. The minimum atomic E-state index is -0.385. The minimum Gasteiger partial charge on any atom is -0.318 e. The molecule has 0 saturated heterocycles. The van der Waals surface area contributed by atoms with Gasteiger partial charge in [0.05, 0.1) is 5.69 Å². The molecule has 0 saturated carbocycles. The van der Waals surface area contributed by atoms with Gasteiger partial charge >= 0.3 is 0 Å². The Morgan fingerprint density at radius 1 is 1.38 bits per heavy atom. The second-order valence-corrected chi connectivity index (χ2v) is 4.26. The van der Waals surface area contributed by atoms with E-state index in [9.17, 15) is 9.59 Å². The van der Waals surface area contributed by atoms with Crippen molar-refractivity contribution in [2.24, 2.45) is 5.10 Å². The van der Waals surface area contributed by atoms with Gasteiger partial charge in [0.2, 0.25) is 5.91 Å². The average Bonchev–Trinajstić information content (AvgIpc) is 3.02. The molecule has 9 nitrogen and oxygen atoms in total. The molecule has 9 heteroatoms. The zero-order valence-electron chi connectivity index (χ0n) is 10.9. The Kier molecular flexibility index (Phi) is 3.37. The second-order valence-electron chi connectivity index (χ2n) is 4.26. The van der Waals surface area contributed by atoms with Crippen molar-refractivity contribution in [2.45, 2.75) is 12.8 Å². The van der Waals surface area contributed by atoms with Crippen LogP contribution in [0, 0.1) is 0 Å². The molecule has 0 spiro atoms. The van der Waals surface area contributed by atoms with Crippen molar-refractivity contribution in [3.63, 3.8) is 0 Å². The van der Waals surface area contributed by atoms with Crippen LogP contribution in [0.15, 0.2) is 36.1 Å². The fourth-order valence-electron chi connectivity index (χ4n) is 1.83. The SMILES string of the molecule is O=C1CCC(C(=O)Nc2cccnc2-n2cncn2)=NN1. The lowest BCUT2D eigenvalue weighted by Gasteiger charge is -2.13. The molecule has 2 amide bonds. The standard InChI is InChI=1S/C12H11N7O2/c20-10-4-3-9(17-18-10)12(21)16-8-2-1-5-14-11(8)19-7-13-6-15-19/h1-2,5-7H,3-4H2,(H,16,21)(H,18,20). The molecular formula is C12H11N7O2. The van der Waals surface area contributed by atoms with E-state index in [1.165, 1.54) is 17.3 Å². The minimum absolute atomic E-state index is 0.198. The van der Waals surface area contributed by atoms with E-state index in [0.29, 0.717) is 17.9 Å². The summed E-state index contributed by atoms with van der Waals surface area (Å²) >= 11 is 0. The first-order valence-electron chi connectivity index (χ1n) is 6.21. The van der Waals surface area contributed by atoms with Crippen LogP contribution >= 0.6 is 0 Å². The Labute approximate surface area is 119 Å². The fraction of sp³-hybridized carbons (Fsp3) is 0.167. The highest BCUT2D eigenvalue weighted by Gasteiger charge is 2.19. The summed E-state index contributed by atoms with van der Waals surface area (Å²) in [6, 6.07) is 3.39. The van der Waals surface area contributed by atoms with Gasteiger partial charge in [-0.25, -0.2) is 20.1 Å². The lowest BCUT2D eigenvalue weighted by Crippen LogP contribution is -2.33. The van der Waals surface area contributed by atoms with Crippen LogP contribution in [0.2, 0.25) is 0 Å². The van der Waals surface area contributed by atoms with E-state index in [1.54, 1.807) is 18.3 Å². The van der Waals surface area contributed by atoms with Gasteiger partial charge in [-0.3, -0.25) is 9.59 Å². The third-order valence-electron chi connectivity index (χ3n) is 2.84. The van der Waals surface area contributed by atoms with Gasteiger partial charge in [0.25, 0.3) is 5.91 Å². The first kappa shape index (κ1) is 12.9. The van der Waals surface area contributed by atoms with Gasteiger partial charge in [-0.1, -0.05) is 0 Å². The Morgan fingerprint density at radius 2 is 2.29 bits per heavy atom. The van der Waals surface area contributed by atoms with Crippen LogP contribution in [-0.4, -0.2) is 37.3 Å². The number of carbonyl (C=O) groups is 2. The normalized spacial score (nSPS) is 14.3. The quantitative estimate of drug-likeness (QED) is 0.815. The number of anilines is 1. The molecule has 0 fully saturated rings. The van der Waals surface area contributed by atoms with Crippen LogP contribution < -0.4 is 10.7 Å². The molecule has 106 valence electrons. The van der Waals surface area contributed by atoms with Crippen LogP contribution in [0.4, 0.5) is 5.69 Å². The molecule has 1 aliphatic rings. The van der Waals surface area contributed by atoms with Crippen LogP contribution in [-0.2, 0) is 9.59 Å². The Balaban J connectivity index is 1.82. The number of nitrogens with zero attached hydrogens (tertiary/aromatic N) is 5. The zero-order chi connectivity index (χ0) is 14.7. The smallest absolute Gasteiger partial charge is 0.271 e. The summed E-state index contributed by atoms with van der Waals surface area (Å²) in [7, 11) is 0. The molecule has 0 unspecified atom stereocenters. The average molecular weight is 285 g/mol. The molecule has 3 heterocycles. The summed E-state index contributed by atoms with van der Waals surface area (Å²) in [5.41, 5.74) is 3.03. The maximum atomic E-state index is 12.1. The number of hydrazone groups is 1. The lowest BCUT2D eigenvalue weighted by atomic mass is 10.1. The van der Waals surface area contributed by atoms with Gasteiger partial charge in [-0.15, -0.1) is 0 Å². The zero-order valence-corrected chi connectivity index (χ0v) is 10.9. The molecule has 1 aliphatic heterocycles. The van der Waals surface area contributed by atoms with Crippen molar-refractivity contribution >= 4 is 23.2 Å². The van der Waals surface area contributed by atoms with Gasteiger partial charge in [0.15, 0.2) is 5.82 Å². The number of aromatic nitrogens is 4. The summed E-state index contributed by atoms with van der Waals surface area (Å²) in [6.45, 7) is 0. The summed E-state index contributed by atoms with van der Waals surface area (Å²) in [5.74, 6) is -0.135. The molecule has 2 aromatic heterocycles. The van der Waals surface area contributed by atoms with Crippen molar-refractivity contribution in [1.82, 2.24) is 25.2 Å². The first-order valence-corrected chi connectivity index (χ1v) is 6.21. The summed E-state index contributed by atoms with van der Waals surface area (Å²) < 4.78 is 1.44. The molecule has 0 aliphatic carbocycles. The van der Waals surface area contributed by atoms with Gasteiger partial charge in [-0.2, -0.15) is 10.2 Å². The second kappa shape index (κ2) is 5.49. The number of carbonyl (C=O) groups excluding carboxylic acids is 2. The van der Waals surface area contributed by atoms with Gasteiger partial charge < -0.3 is 5.32 Å². The van der Waals surface area contributed by atoms with Crippen molar-refractivity contribution in [2.75, 3.05) is 5.32 Å². The first-order chi connectivity index (χ1) is 10.2. The number of rotatable bonds is 3. The topological polar surface area (TPSA) is 114 Å². The summed E-state index contributed by atoms with van der Waals surface area (Å²) in [5, 5.41) is 10.4. The maximum absolute atomic E-state index is 12.1. The summed E-state index contributed by atoms with van der Waals surface area (Å²) in [4.78, 5) is 31.2. The van der Waals surface area contributed by atoms with Crippen LogP contribution in [0.1, 0.15) is 12.8 Å². The predicted octanol–water partition coefficient (Wildman–Crippen LogP) is -0.133. The number of nitrogens with one attached hydrogen (secondary N) is 2. The molecule has 2 aromatic rings. The van der Waals surface area contributed by atoms with E-state index in [2.05, 4.69) is 30.9 Å². The van der Waals surface area contributed by atoms with Crippen LogP contribution in [0.5, 0.6) is 0 Å². The highest BCUT2D eigenvalue weighted by Crippen LogP contribution is 2.16. The lowest BCUT2D eigenvalue weighted by molar-refractivity contribution is -0.121. The Bertz CT molecular complexity index is 708. The van der Waals surface area contributed by atoms with E-state index in [0.717, 1.165) is 0 Å². The number of pyridine rings is 1. The highest BCUT2D eigenvalue weighted by atomic mass is 16.2. The molecule has 0 radical (unpaired) electrons. The molecule has 2 N–H and O–H groups in total. The van der Waals surface area contributed by atoms with Crippen molar-refractivity contribution in [3.8, 4) is 5.82 Å². The molecule has 3 rings (SSSR count). The highest BCUT2D eigenvalue weighted by molar-refractivity contribution is 6.43. The maximum Gasteiger partial charge on any atom is 0.271 e. The fourth-order valence-corrected chi connectivity index (χ4v) is 1.83. The van der Waals surface area contributed by atoms with Crippen molar-refractivity contribution in [1.29, 1.82) is 0 Å².